The average molecular weight is 315 g/mol. The molecule has 0 fully saturated rings. The van der Waals surface area contributed by atoms with Crippen LogP contribution < -0.4 is 4.90 Å². The minimum absolute atomic E-state index is 0.0141. The van der Waals surface area contributed by atoms with E-state index in [1.54, 1.807) is 4.90 Å². The second-order valence-corrected chi connectivity index (χ2v) is 6.69. The summed E-state index contributed by atoms with van der Waals surface area (Å²) in [5.41, 5.74) is 0.962. The maximum atomic E-state index is 12.5. The first kappa shape index (κ1) is 15.5. The number of guanidine groups is 1. The number of carbonyl (C=O) groups is 2. The summed E-state index contributed by atoms with van der Waals surface area (Å²) in [5.74, 6) is 0.407. The van der Waals surface area contributed by atoms with E-state index in [4.69, 9.17) is 4.74 Å². The second-order valence-electron chi connectivity index (χ2n) is 6.69. The SMILES string of the molecule is CC(C)(C)C(=O)OCCN1C2=NCCN2C(=O)c2ccccc21. The van der Waals surface area contributed by atoms with Gasteiger partial charge in [-0.1, -0.05) is 12.1 Å². The summed E-state index contributed by atoms with van der Waals surface area (Å²) >= 11 is 0. The first-order valence-electron chi connectivity index (χ1n) is 7.80. The van der Waals surface area contributed by atoms with Crippen LogP contribution >= 0.6 is 0 Å². The molecule has 2 aliphatic rings. The number of hydrogen-bond acceptors (Lipinski definition) is 5. The van der Waals surface area contributed by atoms with Gasteiger partial charge >= 0.3 is 5.97 Å². The van der Waals surface area contributed by atoms with Crippen molar-refractivity contribution in [2.75, 3.05) is 31.1 Å². The van der Waals surface area contributed by atoms with Crippen molar-refractivity contribution in [2.45, 2.75) is 20.8 Å². The summed E-state index contributed by atoms with van der Waals surface area (Å²) < 4.78 is 5.36. The zero-order valence-corrected chi connectivity index (χ0v) is 13.7. The zero-order valence-electron chi connectivity index (χ0n) is 13.7. The van der Waals surface area contributed by atoms with Crippen molar-refractivity contribution in [1.82, 2.24) is 4.90 Å². The van der Waals surface area contributed by atoms with Crippen LogP contribution in [0.25, 0.3) is 0 Å². The van der Waals surface area contributed by atoms with Crippen molar-refractivity contribution in [2.24, 2.45) is 10.4 Å². The van der Waals surface area contributed by atoms with Gasteiger partial charge in [-0.25, -0.2) is 0 Å². The number of rotatable bonds is 3. The normalized spacial score (nSPS) is 16.8. The molecular formula is C17H21N3O3. The Bertz CT molecular complexity index is 676. The number of benzene rings is 1. The molecule has 23 heavy (non-hydrogen) atoms. The molecule has 1 aromatic carbocycles. The van der Waals surface area contributed by atoms with Gasteiger partial charge in [0.05, 0.1) is 29.8 Å². The molecule has 0 radical (unpaired) electrons. The number of amides is 1. The lowest BCUT2D eigenvalue weighted by Crippen LogP contribution is -2.51. The van der Waals surface area contributed by atoms with Gasteiger partial charge in [-0.3, -0.25) is 19.5 Å². The molecule has 122 valence electrons. The van der Waals surface area contributed by atoms with Crippen LogP contribution in [-0.4, -0.2) is 49.0 Å². The van der Waals surface area contributed by atoms with Gasteiger partial charge in [0.15, 0.2) is 0 Å². The highest BCUT2D eigenvalue weighted by Gasteiger charge is 2.37. The van der Waals surface area contributed by atoms with E-state index in [-0.39, 0.29) is 18.5 Å². The van der Waals surface area contributed by atoms with E-state index < -0.39 is 5.41 Å². The number of carbonyl (C=O) groups excluding carboxylic acids is 2. The van der Waals surface area contributed by atoms with Crippen molar-refractivity contribution >= 4 is 23.5 Å². The summed E-state index contributed by atoms with van der Waals surface area (Å²) in [5, 5.41) is 0. The Morgan fingerprint density at radius 2 is 2.04 bits per heavy atom. The zero-order chi connectivity index (χ0) is 16.6. The van der Waals surface area contributed by atoms with Gasteiger partial charge in [0.25, 0.3) is 5.91 Å². The van der Waals surface area contributed by atoms with Crippen LogP contribution in [-0.2, 0) is 9.53 Å². The van der Waals surface area contributed by atoms with E-state index in [1.165, 1.54) is 0 Å². The quantitative estimate of drug-likeness (QED) is 0.799. The first-order valence-corrected chi connectivity index (χ1v) is 7.80. The third-order valence-electron chi connectivity index (χ3n) is 3.89. The standard InChI is InChI=1S/C17H21N3O3/c1-17(2,3)15(22)23-11-10-19-13-7-5-4-6-12(13)14(21)20-9-8-18-16(19)20/h4-7H,8-11H2,1-3H3. The minimum Gasteiger partial charge on any atom is -0.463 e. The highest BCUT2D eigenvalue weighted by atomic mass is 16.5. The summed E-state index contributed by atoms with van der Waals surface area (Å²) in [7, 11) is 0. The van der Waals surface area contributed by atoms with Crippen molar-refractivity contribution in [3.63, 3.8) is 0 Å². The fourth-order valence-corrected chi connectivity index (χ4v) is 2.67. The predicted octanol–water partition coefficient (Wildman–Crippen LogP) is 1.91. The molecule has 0 atom stereocenters. The Labute approximate surface area is 135 Å². The highest BCUT2D eigenvalue weighted by Crippen LogP contribution is 2.29. The van der Waals surface area contributed by atoms with Crippen LogP contribution in [0.2, 0.25) is 0 Å². The van der Waals surface area contributed by atoms with Crippen LogP contribution in [0, 0.1) is 5.41 Å². The van der Waals surface area contributed by atoms with Crippen LogP contribution in [0.1, 0.15) is 31.1 Å². The number of aliphatic imine (C=N–C) groups is 1. The summed E-state index contributed by atoms with van der Waals surface area (Å²) in [6, 6.07) is 7.47. The van der Waals surface area contributed by atoms with Crippen molar-refractivity contribution in [3.8, 4) is 0 Å². The summed E-state index contributed by atoms with van der Waals surface area (Å²) in [4.78, 5) is 32.5. The van der Waals surface area contributed by atoms with Crippen LogP contribution in [0.3, 0.4) is 0 Å². The summed E-state index contributed by atoms with van der Waals surface area (Å²) in [6.45, 7) is 7.41. The van der Waals surface area contributed by atoms with Gasteiger partial charge in [0.2, 0.25) is 5.96 Å². The molecule has 2 aliphatic heterocycles. The van der Waals surface area contributed by atoms with E-state index >= 15 is 0 Å². The molecule has 0 saturated heterocycles. The van der Waals surface area contributed by atoms with Crippen molar-refractivity contribution < 1.29 is 14.3 Å². The smallest absolute Gasteiger partial charge is 0.311 e. The molecule has 1 aromatic rings. The van der Waals surface area contributed by atoms with Gasteiger partial charge in [-0.15, -0.1) is 0 Å². The molecule has 0 aromatic heterocycles. The maximum Gasteiger partial charge on any atom is 0.311 e. The maximum absolute atomic E-state index is 12.5. The molecule has 6 heteroatoms. The fraction of sp³-hybridized carbons (Fsp3) is 0.471. The van der Waals surface area contributed by atoms with E-state index in [0.29, 0.717) is 31.2 Å². The number of para-hydroxylation sites is 1. The Kier molecular flexibility index (Phi) is 3.83. The molecule has 2 heterocycles. The van der Waals surface area contributed by atoms with E-state index in [0.717, 1.165) is 5.69 Å². The molecule has 3 rings (SSSR count). The average Bonchev–Trinajstić information content (AvgIpc) is 2.99. The number of esters is 1. The summed E-state index contributed by atoms with van der Waals surface area (Å²) in [6.07, 6.45) is 0. The minimum atomic E-state index is -0.521. The fourth-order valence-electron chi connectivity index (χ4n) is 2.67. The van der Waals surface area contributed by atoms with Gasteiger partial charge < -0.3 is 9.64 Å². The number of nitrogens with zero attached hydrogens (tertiary/aromatic N) is 3. The van der Waals surface area contributed by atoms with Gasteiger partial charge in [0.1, 0.15) is 6.61 Å². The lowest BCUT2D eigenvalue weighted by Gasteiger charge is -2.35. The molecule has 0 spiro atoms. The Morgan fingerprint density at radius 1 is 1.30 bits per heavy atom. The molecule has 1 amide bonds. The monoisotopic (exact) mass is 315 g/mol. The predicted molar refractivity (Wildman–Crippen MR) is 87.5 cm³/mol. The first-order chi connectivity index (χ1) is 10.9. The number of fused-ring (bicyclic) bond motifs is 2. The van der Waals surface area contributed by atoms with E-state index in [9.17, 15) is 9.59 Å². The molecular weight excluding hydrogens is 294 g/mol. The third kappa shape index (κ3) is 2.81. The molecule has 0 unspecified atom stereocenters. The van der Waals surface area contributed by atoms with Gasteiger partial charge in [-0.2, -0.15) is 0 Å². The number of ether oxygens (including phenoxy) is 1. The molecule has 0 aliphatic carbocycles. The number of hydrogen-bond donors (Lipinski definition) is 0. The van der Waals surface area contributed by atoms with Gasteiger partial charge in [-0.05, 0) is 32.9 Å². The third-order valence-corrected chi connectivity index (χ3v) is 3.89. The Hall–Kier alpha value is -2.37. The van der Waals surface area contributed by atoms with Crippen molar-refractivity contribution in [1.29, 1.82) is 0 Å². The number of anilines is 1. The molecule has 6 nitrogen and oxygen atoms in total. The van der Waals surface area contributed by atoms with Crippen LogP contribution in [0.15, 0.2) is 29.3 Å². The second kappa shape index (κ2) is 5.68. The van der Waals surface area contributed by atoms with Crippen LogP contribution in [0.4, 0.5) is 5.69 Å². The lowest BCUT2D eigenvalue weighted by molar-refractivity contribution is -0.152. The van der Waals surface area contributed by atoms with Gasteiger partial charge in [0, 0.05) is 6.54 Å². The Morgan fingerprint density at radius 3 is 2.78 bits per heavy atom. The molecule has 0 N–H and O–H groups in total. The van der Waals surface area contributed by atoms with Crippen LogP contribution in [0.5, 0.6) is 0 Å². The van der Waals surface area contributed by atoms with Crippen molar-refractivity contribution in [3.05, 3.63) is 29.8 Å². The molecule has 0 bridgehead atoms. The Balaban J connectivity index is 1.79. The largest absolute Gasteiger partial charge is 0.463 e. The molecule has 0 saturated carbocycles. The lowest BCUT2D eigenvalue weighted by atomic mass is 9.97. The van der Waals surface area contributed by atoms with E-state index in [1.807, 2.05) is 49.9 Å². The van der Waals surface area contributed by atoms with E-state index in [2.05, 4.69) is 4.99 Å². The topological polar surface area (TPSA) is 62.2 Å². The highest BCUT2D eigenvalue weighted by molar-refractivity contribution is 6.19.